The molecule has 114 valence electrons. The molecule has 5 heteroatoms. The van der Waals surface area contributed by atoms with Crippen LogP contribution in [-0.4, -0.2) is 28.4 Å². The van der Waals surface area contributed by atoms with Crippen molar-refractivity contribution in [1.29, 1.82) is 0 Å². The third-order valence-corrected chi connectivity index (χ3v) is 4.45. The highest BCUT2D eigenvalue weighted by molar-refractivity contribution is 6.05. The average molecular weight is 293 g/mol. The van der Waals surface area contributed by atoms with Gasteiger partial charge in [0.25, 0.3) is 0 Å². The Bertz CT molecular complexity index is 537. The standard InChI is InChI=1S/C16H20FNO3/c1-3-16(4-2)9-14(20)18(15(16)21)10-13(19)11-5-7-12(17)8-6-11/h5-8,13,19H,3-4,9-10H2,1-2H3. The molecule has 2 amide bonds. The maximum absolute atomic E-state index is 12.9. The van der Waals surface area contributed by atoms with Gasteiger partial charge in [-0.2, -0.15) is 0 Å². The Morgan fingerprint density at radius 2 is 1.81 bits per heavy atom. The lowest BCUT2D eigenvalue weighted by molar-refractivity contribution is -0.143. The minimum atomic E-state index is -0.997. The number of hydrogen-bond acceptors (Lipinski definition) is 3. The Balaban J connectivity index is 2.14. The molecule has 0 spiro atoms. The normalized spacial score (nSPS) is 19.1. The minimum Gasteiger partial charge on any atom is -0.387 e. The van der Waals surface area contributed by atoms with Crippen LogP contribution in [0.4, 0.5) is 4.39 Å². The largest absolute Gasteiger partial charge is 0.387 e. The Kier molecular flexibility index (Phi) is 4.42. The molecule has 0 saturated carbocycles. The molecule has 0 aliphatic carbocycles. The highest BCUT2D eigenvalue weighted by Crippen LogP contribution is 2.39. The molecule has 1 saturated heterocycles. The van der Waals surface area contributed by atoms with Crippen LogP contribution in [0.5, 0.6) is 0 Å². The van der Waals surface area contributed by atoms with Gasteiger partial charge >= 0.3 is 0 Å². The zero-order valence-corrected chi connectivity index (χ0v) is 12.3. The van der Waals surface area contributed by atoms with Crippen LogP contribution in [-0.2, 0) is 9.59 Å². The van der Waals surface area contributed by atoms with Gasteiger partial charge in [-0.3, -0.25) is 14.5 Å². The summed E-state index contributed by atoms with van der Waals surface area (Å²) in [4.78, 5) is 25.7. The number of halogens is 1. The van der Waals surface area contributed by atoms with Gasteiger partial charge in [0, 0.05) is 6.42 Å². The van der Waals surface area contributed by atoms with E-state index >= 15 is 0 Å². The number of nitrogens with zero attached hydrogens (tertiary/aromatic N) is 1. The molecule has 21 heavy (non-hydrogen) atoms. The molecule has 1 aliphatic rings. The molecule has 1 N–H and O–H groups in total. The Hall–Kier alpha value is -1.75. The second-order valence-corrected chi connectivity index (χ2v) is 5.54. The fourth-order valence-corrected chi connectivity index (χ4v) is 2.81. The van der Waals surface area contributed by atoms with E-state index < -0.39 is 17.3 Å². The van der Waals surface area contributed by atoms with E-state index in [1.807, 2.05) is 13.8 Å². The lowest BCUT2D eigenvalue weighted by atomic mass is 9.81. The molecule has 1 atom stereocenters. The quantitative estimate of drug-likeness (QED) is 0.848. The maximum Gasteiger partial charge on any atom is 0.235 e. The number of aliphatic hydroxyl groups is 1. The summed E-state index contributed by atoms with van der Waals surface area (Å²) < 4.78 is 12.9. The first-order chi connectivity index (χ1) is 9.93. The molecule has 1 heterocycles. The van der Waals surface area contributed by atoms with Gasteiger partial charge in [0.15, 0.2) is 0 Å². The van der Waals surface area contributed by atoms with Crippen molar-refractivity contribution in [3.63, 3.8) is 0 Å². The topological polar surface area (TPSA) is 57.6 Å². The van der Waals surface area contributed by atoms with Crippen molar-refractivity contribution >= 4 is 11.8 Å². The molecule has 1 aromatic rings. The second-order valence-electron chi connectivity index (χ2n) is 5.54. The zero-order chi connectivity index (χ0) is 15.6. The Morgan fingerprint density at radius 1 is 1.24 bits per heavy atom. The van der Waals surface area contributed by atoms with E-state index in [0.29, 0.717) is 18.4 Å². The monoisotopic (exact) mass is 293 g/mol. The van der Waals surface area contributed by atoms with Crippen LogP contribution >= 0.6 is 0 Å². The van der Waals surface area contributed by atoms with Crippen LogP contribution in [0.3, 0.4) is 0 Å². The fourth-order valence-electron chi connectivity index (χ4n) is 2.81. The van der Waals surface area contributed by atoms with Crippen molar-refractivity contribution in [1.82, 2.24) is 4.90 Å². The highest BCUT2D eigenvalue weighted by atomic mass is 19.1. The first-order valence-electron chi connectivity index (χ1n) is 7.22. The van der Waals surface area contributed by atoms with Crippen LogP contribution in [0.1, 0.15) is 44.8 Å². The summed E-state index contributed by atoms with van der Waals surface area (Å²) in [5, 5.41) is 10.2. The van der Waals surface area contributed by atoms with E-state index in [1.165, 1.54) is 24.3 Å². The number of hydrogen-bond donors (Lipinski definition) is 1. The van der Waals surface area contributed by atoms with E-state index in [0.717, 1.165) is 4.90 Å². The third kappa shape index (κ3) is 2.83. The smallest absolute Gasteiger partial charge is 0.235 e. The minimum absolute atomic E-state index is 0.0783. The predicted molar refractivity (Wildman–Crippen MR) is 75.7 cm³/mol. The molecule has 2 rings (SSSR count). The summed E-state index contributed by atoms with van der Waals surface area (Å²) in [6.45, 7) is 3.72. The van der Waals surface area contributed by atoms with Crippen LogP contribution in [0.2, 0.25) is 0 Å². The number of rotatable bonds is 5. The molecule has 4 nitrogen and oxygen atoms in total. The van der Waals surface area contributed by atoms with Crippen LogP contribution < -0.4 is 0 Å². The van der Waals surface area contributed by atoms with Gasteiger partial charge in [-0.15, -0.1) is 0 Å². The maximum atomic E-state index is 12.9. The lowest BCUT2D eigenvalue weighted by Crippen LogP contribution is -2.37. The number of carbonyl (C=O) groups excluding carboxylic acids is 2. The Morgan fingerprint density at radius 3 is 2.29 bits per heavy atom. The van der Waals surface area contributed by atoms with Crippen molar-refractivity contribution < 1.29 is 19.1 Å². The number of benzene rings is 1. The lowest BCUT2D eigenvalue weighted by Gasteiger charge is -2.24. The molecule has 0 bridgehead atoms. The van der Waals surface area contributed by atoms with Gasteiger partial charge in [-0.25, -0.2) is 4.39 Å². The van der Waals surface area contributed by atoms with E-state index in [2.05, 4.69) is 0 Å². The first kappa shape index (κ1) is 15.6. The van der Waals surface area contributed by atoms with Gasteiger partial charge in [-0.1, -0.05) is 26.0 Å². The summed E-state index contributed by atoms with van der Waals surface area (Å²) >= 11 is 0. The molecule has 0 radical (unpaired) electrons. The van der Waals surface area contributed by atoms with Crippen molar-refractivity contribution in [3.05, 3.63) is 35.6 Å². The van der Waals surface area contributed by atoms with Crippen molar-refractivity contribution in [2.45, 2.75) is 39.2 Å². The summed E-state index contributed by atoms with van der Waals surface area (Å²) in [5.74, 6) is -0.848. The number of β-amino-alcohol motifs (C(OH)–C–C–N with tert-alkyl or cyclic N) is 1. The van der Waals surface area contributed by atoms with Crippen LogP contribution in [0, 0.1) is 11.2 Å². The molecule has 1 aromatic carbocycles. The van der Waals surface area contributed by atoms with Gasteiger partial charge in [0.1, 0.15) is 5.82 Å². The molecule has 0 aromatic heterocycles. The zero-order valence-electron chi connectivity index (χ0n) is 12.3. The van der Waals surface area contributed by atoms with Crippen molar-refractivity contribution in [2.24, 2.45) is 5.41 Å². The average Bonchev–Trinajstić information content (AvgIpc) is 2.72. The van der Waals surface area contributed by atoms with E-state index in [4.69, 9.17) is 0 Å². The summed E-state index contributed by atoms with van der Waals surface area (Å²) in [7, 11) is 0. The molecular weight excluding hydrogens is 273 g/mol. The van der Waals surface area contributed by atoms with Crippen LogP contribution in [0.25, 0.3) is 0 Å². The summed E-state index contributed by atoms with van der Waals surface area (Å²) in [6.07, 6.45) is 0.423. The SMILES string of the molecule is CCC1(CC)CC(=O)N(CC(O)c2ccc(F)cc2)C1=O. The third-order valence-electron chi connectivity index (χ3n) is 4.45. The van der Waals surface area contributed by atoms with Crippen molar-refractivity contribution in [3.8, 4) is 0 Å². The first-order valence-corrected chi connectivity index (χ1v) is 7.22. The number of carbonyl (C=O) groups is 2. The van der Waals surface area contributed by atoms with E-state index in [9.17, 15) is 19.1 Å². The Labute approximate surface area is 123 Å². The van der Waals surface area contributed by atoms with E-state index in [-0.39, 0.29) is 24.8 Å². The van der Waals surface area contributed by atoms with Crippen molar-refractivity contribution in [2.75, 3.05) is 6.54 Å². The summed E-state index contributed by atoms with van der Waals surface area (Å²) in [6, 6.07) is 5.40. The molecular formula is C16H20FNO3. The fraction of sp³-hybridized carbons (Fsp3) is 0.500. The number of aliphatic hydroxyl groups excluding tert-OH is 1. The van der Waals surface area contributed by atoms with Gasteiger partial charge < -0.3 is 5.11 Å². The predicted octanol–water partition coefficient (Wildman–Crippen LogP) is 2.42. The van der Waals surface area contributed by atoms with Gasteiger partial charge in [-0.05, 0) is 30.5 Å². The second kappa shape index (κ2) is 5.93. The number of amides is 2. The molecule has 1 unspecified atom stereocenters. The number of imide groups is 1. The molecule has 1 fully saturated rings. The number of likely N-dealkylation sites (tertiary alicyclic amines) is 1. The van der Waals surface area contributed by atoms with Gasteiger partial charge in [0.05, 0.1) is 18.1 Å². The van der Waals surface area contributed by atoms with Crippen LogP contribution in [0.15, 0.2) is 24.3 Å². The highest BCUT2D eigenvalue weighted by Gasteiger charge is 2.49. The molecule has 1 aliphatic heterocycles. The van der Waals surface area contributed by atoms with Gasteiger partial charge in [0.2, 0.25) is 11.8 Å². The summed E-state index contributed by atoms with van der Waals surface area (Å²) in [5.41, 5.74) is -0.137. The van der Waals surface area contributed by atoms with E-state index in [1.54, 1.807) is 0 Å².